The van der Waals surface area contributed by atoms with E-state index in [2.05, 4.69) is 73.7 Å². The molecule has 6 rings (SSSR count). The maximum absolute atomic E-state index is 6.80. The molecule has 6 heteroatoms. The molecule has 48 heavy (non-hydrogen) atoms. The fourth-order valence-electron chi connectivity index (χ4n) is 5.86. The molecule has 5 aromatic carbocycles. The van der Waals surface area contributed by atoms with E-state index < -0.39 is 30.7 Å². The molecule has 1 fully saturated rings. The molecule has 0 aliphatic carbocycles. The minimum Gasteiger partial charge on any atom is -0.374 e. The van der Waals surface area contributed by atoms with Crippen LogP contribution >= 0.6 is 0 Å². The van der Waals surface area contributed by atoms with Crippen molar-refractivity contribution in [2.75, 3.05) is 6.61 Å². The van der Waals surface area contributed by atoms with Crippen molar-refractivity contribution in [3.05, 3.63) is 179 Å². The van der Waals surface area contributed by atoms with Gasteiger partial charge in [-0.2, -0.15) is 0 Å². The Labute approximate surface area is 284 Å². The summed E-state index contributed by atoms with van der Waals surface area (Å²) < 4.78 is 39.9. The van der Waals surface area contributed by atoms with Crippen molar-refractivity contribution < 1.29 is 28.4 Å². The van der Waals surface area contributed by atoms with Crippen molar-refractivity contribution in [3.63, 3.8) is 0 Å². The molecule has 1 saturated heterocycles. The summed E-state index contributed by atoms with van der Waals surface area (Å²) in [6.45, 7) is 4.30. The molecule has 0 aromatic heterocycles. The molecular formula is C42H44O6. The smallest absolute Gasteiger partial charge is 0.187 e. The Bertz CT molecular complexity index is 1620. The fourth-order valence-corrected chi connectivity index (χ4v) is 5.86. The predicted octanol–water partition coefficient (Wildman–Crippen LogP) is 8.21. The SMILES string of the molecule is Cc1cccc(COC2O[C@H](COCc3ccccc3)[C@H](OCc3ccccc3)[C@H](OCc3ccccc3)[C@H]2OCc2ccccc2)c1. The lowest BCUT2D eigenvalue weighted by atomic mass is 9.97. The largest absolute Gasteiger partial charge is 0.374 e. The highest BCUT2D eigenvalue weighted by Crippen LogP contribution is 2.32. The zero-order valence-electron chi connectivity index (χ0n) is 27.4. The minimum absolute atomic E-state index is 0.287. The van der Waals surface area contributed by atoms with Gasteiger partial charge < -0.3 is 28.4 Å². The molecule has 1 unspecified atom stereocenters. The highest BCUT2D eigenvalue weighted by molar-refractivity contribution is 5.22. The Morgan fingerprint density at radius 1 is 0.438 bits per heavy atom. The molecule has 1 heterocycles. The van der Waals surface area contributed by atoms with Gasteiger partial charge in [-0.3, -0.25) is 0 Å². The van der Waals surface area contributed by atoms with E-state index in [1.54, 1.807) is 0 Å². The molecule has 248 valence electrons. The Balaban J connectivity index is 1.30. The van der Waals surface area contributed by atoms with Crippen LogP contribution in [0.15, 0.2) is 146 Å². The average Bonchev–Trinajstić information content (AvgIpc) is 3.13. The van der Waals surface area contributed by atoms with Crippen LogP contribution in [0.5, 0.6) is 0 Å². The normalized spacial score (nSPS) is 20.8. The van der Waals surface area contributed by atoms with Gasteiger partial charge in [0.15, 0.2) is 6.29 Å². The van der Waals surface area contributed by atoms with Crippen molar-refractivity contribution in [1.82, 2.24) is 0 Å². The molecule has 0 bridgehead atoms. The van der Waals surface area contributed by atoms with E-state index >= 15 is 0 Å². The van der Waals surface area contributed by atoms with Crippen molar-refractivity contribution >= 4 is 0 Å². The maximum Gasteiger partial charge on any atom is 0.187 e. The van der Waals surface area contributed by atoms with Crippen LogP contribution in [0.2, 0.25) is 0 Å². The second-order valence-corrected chi connectivity index (χ2v) is 12.1. The van der Waals surface area contributed by atoms with Crippen LogP contribution in [0.1, 0.15) is 33.4 Å². The van der Waals surface area contributed by atoms with E-state index in [-0.39, 0.29) is 6.61 Å². The molecule has 6 nitrogen and oxygen atoms in total. The molecule has 5 aromatic rings. The van der Waals surface area contributed by atoms with Crippen LogP contribution in [-0.2, 0) is 61.5 Å². The summed E-state index contributed by atoms with van der Waals surface area (Å²) >= 11 is 0. The number of rotatable bonds is 16. The summed E-state index contributed by atoms with van der Waals surface area (Å²) in [5.41, 5.74) is 6.48. The van der Waals surface area contributed by atoms with Gasteiger partial charge in [0.2, 0.25) is 0 Å². The number of hydrogen-bond acceptors (Lipinski definition) is 6. The summed E-state index contributed by atoms with van der Waals surface area (Å²) in [5, 5.41) is 0. The second-order valence-electron chi connectivity index (χ2n) is 12.1. The lowest BCUT2D eigenvalue weighted by molar-refractivity contribution is -0.330. The van der Waals surface area contributed by atoms with Crippen LogP contribution in [0.25, 0.3) is 0 Å². The topological polar surface area (TPSA) is 55.4 Å². The van der Waals surface area contributed by atoms with Crippen molar-refractivity contribution in [2.45, 2.75) is 70.7 Å². The van der Waals surface area contributed by atoms with Crippen LogP contribution in [0.4, 0.5) is 0 Å². The molecule has 0 radical (unpaired) electrons. The van der Waals surface area contributed by atoms with Gasteiger partial charge in [0.1, 0.15) is 24.4 Å². The van der Waals surface area contributed by atoms with Gasteiger partial charge in [-0.15, -0.1) is 0 Å². The monoisotopic (exact) mass is 644 g/mol. The van der Waals surface area contributed by atoms with E-state index in [1.165, 1.54) is 5.56 Å². The first-order valence-electron chi connectivity index (χ1n) is 16.6. The molecule has 1 aliphatic heterocycles. The zero-order valence-corrected chi connectivity index (χ0v) is 27.4. The van der Waals surface area contributed by atoms with Gasteiger partial charge in [0.05, 0.1) is 39.6 Å². The lowest BCUT2D eigenvalue weighted by Gasteiger charge is -2.46. The average molecular weight is 645 g/mol. The van der Waals surface area contributed by atoms with E-state index in [0.29, 0.717) is 33.0 Å². The first-order valence-corrected chi connectivity index (χ1v) is 16.6. The van der Waals surface area contributed by atoms with Gasteiger partial charge >= 0.3 is 0 Å². The Morgan fingerprint density at radius 3 is 1.40 bits per heavy atom. The minimum atomic E-state index is -0.739. The van der Waals surface area contributed by atoms with E-state index in [9.17, 15) is 0 Å². The standard InChI is InChI=1S/C42H44O6/c1-32-15-14-24-37(25-32)30-47-42-41(46-29-36-22-12-5-13-23-36)40(45-28-35-20-10-4-11-21-35)39(44-27-34-18-8-3-9-19-34)38(48-42)31-43-26-33-16-6-2-7-17-33/h2-25,38-42H,26-31H2,1H3/t38-,39+,40+,41-,42?/m1/s1. The molecule has 5 atom stereocenters. The lowest BCUT2D eigenvalue weighted by Crippen LogP contribution is -2.61. The molecular weight excluding hydrogens is 600 g/mol. The van der Waals surface area contributed by atoms with E-state index in [1.807, 2.05) is 78.9 Å². The quantitative estimate of drug-likeness (QED) is 0.108. The summed E-state index contributed by atoms with van der Waals surface area (Å²) in [6, 6.07) is 48.9. The van der Waals surface area contributed by atoms with Gasteiger partial charge in [-0.1, -0.05) is 151 Å². The molecule has 0 saturated carbocycles. The highest BCUT2D eigenvalue weighted by atomic mass is 16.7. The number of benzene rings is 5. The van der Waals surface area contributed by atoms with Crippen molar-refractivity contribution in [2.24, 2.45) is 0 Å². The Hall–Kier alpha value is -4.14. The summed E-state index contributed by atoms with van der Waals surface area (Å²) in [5.74, 6) is 0. The number of aryl methyl sites for hydroxylation is 1. The Morgan fingerprint density at radius 2 is 0.875 bits per heavy atom. The second kappa shape index (κ2) is 17.9. The van der Waals surface area contributed by atoms with Gasteiger partial charge in [0.25, 0.3) is 0 Å². The first kappa shape index (κ1) is 33.7. The molecule has 0 N–H and O–H groups in total. The third-order valence-corrected chi connectivity index (χ3v) is 8.34. The third-order valence-electron chi connectivity index (χ3n) is 8.34. The molecule has 0 spiro atoms. The van der Waals surface area contributed by atoms with Crippen LogP contribution in [0, 0.1) is 6.92 Å². The summed E-state index contributed by atoms with van der Waals surface area (Å²) in [4.78, 5) is 0. The van der Waals surface area contributed by atoms with Gasteiger partial charge in [0, 0.05) is 0 Å². The van der Waals surface area contributed by atoms with E-state index in [0.717, 1.165) is 27.8 Å². The highest BCUT2D eigenvalue weighted by Gasteiger charge is 2.49. The van der Waals surface area contributed by atoms with Crippen LogP contribution in [0.3, 0.4) is 0 Å². The number of ether oxygens (including phenoxy) is 6. The predicted molar refractivity (Wildman–Crippen MR) is 186 cm³/mol. The van der Waals surface area contributed by atoms with E-state index in [4.69, 9.17) is 28.4 Å². The van der Waals surface area contributed by atoms with Gasteiger partial charge in [-0.25, -0.2) is 0 Å². The third kappa shape index (κ3) is 9.94. The Kier molecular flexibility index (Phi) is 12.6. The zero-order chi connectivity index (χ0) is 32.8. The molecule has 1 aliphatic rings. The molecule has 0 amide bonds. The maximum atomic E-state index is 6.80. The van der Waals surface area contributed by atoms with Crippen molar-refractivity contribution in [3.8, 4) is 0 Å². The van der Waals surface area contributed by atoms with Crippen molar-refractivity contribution in [1.29, 1.82) is 0 Å². The first-order chi connectivity index (χ1) is 23.7. The van der Waals surface area contributed by atoms with Gasteiger partial charge in [-0.05, 0) is 34.7 Å². The summed E-state index contributed by atoms with van der Waals surface area (Å²) in [7, 11) is 0. The summed E-state index contributed by atoms with van der Waals surface area (Å²) in [6.07, 6.45) is -2.86. The fraction of sp³-hybridized carbons (Fsp3) is 0.286. The van der Waals surface area contributed by atoms with Crippen LogP contribution < -0.4 is 0 Å². The van der Waals surface area contributed by atoms with Crippen LogP contribution in [-0.4, -0.2) is 37.3 Å². The number of hydrogen-bond donors (Lipinski definition) is 0.